The molecule has 3 rings (SSSR count). The van der Waals surface area contributed by atoms with Crippen LogP contribution in [-0.4, -0.2) is 27.4 Å². The second kappa shape index (κ2) is 6.95. The van der Waals surface area contributed by atoms with Crippen LogP contribution in [-0.2, 0) is 11.3 Å². The fraction of sp³-hybridized carbons (Fsp3) is 0.444. The molecule has 0 aromatic carbocycles. The van der Waals surface area contributed by atoms with E-state index in [1.807, 2.05) is 38.2 Å². The molecule has 0 aliphatic carbocycles. The summed E-state index contributed by atoms with van der Waals surface area (Å²) in [4.78, 5) is 27.3. The van der Waals surface area contributed by atoms with Crippen molar-refractivity contribution < 1.29 is 4.79 Å². The van der Waals surface area contributed by atoms with Gasteiger partial charge in [-0.25, -0.2) is 15.0 Å². The highest BCUT2D eigenvalue weighted by Gasteiger charge is 2.30. The Morgan fingerprint density at radius 1 is 1.33 bits per heavy atom. The van der Waals surface area contributed by atoms with Gasteiger partial charge in [-0.3, -0.25) is 4.79 Å². The van der Waals surface area contributed by atoms with Crippen LogP contribution >= 0.6 is 0 Å². The summed E-state index contributed by atoms with van der Waals surface area (Å²) in [5, 5.41) is 2.86. The van der Waals surface area contributed by atoms with Crippen LogP contribution in [0.2, 0.25) is 0 Å². The first kappa shape index (κ1) is 16.4. The van der Waals surface area contributed by atoms with Gasteiger partial charge in [-0.15, -0.1) is 0 Å². The van der Waals surface area contributed by atoms with Crippen LogP contribution in [0.4, 0.5) is 5.82 Å². The lowest BCUT2D eigenvalue weighted by atomic mass is 10.1. The van der Waals surface area contributed by atoms with E-state index < -0.39 is 0 Å². The van der Waals surface area contributed by atoms with Crippen molar-refractivity contribution >= 4 is 11.7 Å². The number of hydrogen-bond acceptors (Lipinski definition) is 5. The predicted octanol–water partition coefficient (Wildman–Crippen LogP) is 2.47. The van der Waals surface area contributed by atoms with Crippen molar-refractivity contribution in [2.24, 2.45) is 0 Å². The quantitative estimate of drug-likeness (QED) is 0.935. The number of carbonyl (C=O) groups is 1. The first-order valence-corrected chi connectivity index (χ1v) is 8.32. The van der Waals surface area contributed by atoms with Crippen LogP contribution in [0.15, 0.2) is 24.4 Å². The van der Waals surface area contributed by atoms with Crippen molar-refractivity contribution in [2.45, 2.75) is 46.2 Å². The van der Waals surface area contributed by atoms with Gasteiger partial charge in [0, 0.05) is 37.5 Å². The standard InChI is InChI=1S/C18H23N5O/c1-12-6-4-8-17(21-12)23-9-5-7-16(23)18-15(11-20-14(3)24)10-19-13(2)22-18/h4,6,8,10,16H,5,7,9,11H2,1-3H3,(H,20,24). The Morgan fingerprint density at radius 2 is 2.17 bits per heavy atom. The number of aryl methyl sites for hydroxylation is 2. The highest BCUT2D eigenvalue weighted by molar-refractivity contribution is 5.72. The van der Waals surface area contributed by atoms with E-state index >= 15 is 0 Å². The zero-order valence-electron chi connectivity index (χ0n) is 14.4. The number of nitrogens with zero attached hydrogens (tertiary/aromatic N) is 4. The largest absolute Gasteiger partial charge is 0.352 e. The Hall–Kier alpha value is -2.50. The van der Waals surface area contributed by atoms with Gasteiger partial charge in [0.1, 0.15) is 11.6 Å². The molecule has 1 N–H and O–H groups in total. The maximum atomic E-state index is 11.3. The minimum atomic E-state index is -0.0508. The molecule has 3 heterocycles. The lowest BCUT2D eigenvalue weighted by Gasteiger charge is -2.27. The van der Waals surface area contributed by atoms with Crippen LogP contribution in [0.1, 0.15) is 48.6 Å². The number of rotatable bonds is 4. The molecule has 1 aliphatic heterocycles. The van der Waals surface area contributed by atoms with Crippen molar-refractivity contribution in [2.75, 3.05) is 11.4 Å². The minimum absolute atomic E-state index is 0.0508. The van der Waals surface area contributed by atoms with Gasteiger partial charge in [0.2, 0.25) is 5.91 Å². The van der Waals surface area contributed by atoms with Gasteiger partial charge in [-0.05, 0) is 38.8 Å². The number of nitrogens with one attached hydrogen (secondary N) is 1. The molecule has 6 nitrogen and oxygen atoms in total. The van der Waals surface area contributed by atoms with E-state index in [0.717, 1.165) is 48.0 Å². The van der Waals surface area contributed by atoms with Gasteiger partial charge in [0.05, 0.1) is 11.7 Å². The van der Waals surface area contributed by atoms with Crippen molar-refractivity contribution in [1.29, 1.82) is 0 Å². The van der Waals surface area contributed by atoms with Crippen LogP contribution < -0.4 is 10.2 Å². The molecule has 0 bridgehead atoms. The number of carbonyl (C=O) groups excluding carboxylic acids is 1. The SMILES string of the molecule is CC(=O)NCc1cnc(C)nc1C1CCCN1c1cccc(C)n1. The molecule has 126 valence electrons. The average molecular weight is 325 g/mol. The van der Waals surface area contributed by atoms with E-state index in [1.54, 1.807) is 0 Å². The molecule has 1 unspecified atom stereocenters. The fourth-order valence-corrected chi connectivity index (χ4v) is 3.17. The number of amides is 1. The molecule has 0 radical (unpaired) electrons. The Kier molecular flexibility index (Phi) is 4.74. The van der Waals surface area contributed by atoms with Gasteiger partial charge in [0.25, 0.3) is 0 Å². The van der Waals surface area contributed by atoms with Gasteiger partial charge in [-0.2, -0.15) is 0 Å². The number of anilines is 1. The Bertz CT molecular complexity index is 746. The Labute approximate surface area is 142 Å². The second-order valence-electron chi connectivity index (χ2n) is 6.23. The zero-order valence-corrected chi connectivity index (χ0v) is 14.4. The number of pyridine rings is 1. The first-order chi connectivity index (χ1) is 11.5. The smallest absolute Gasteiger partial charge is 0.217 e. The van der Waals surface area contributed by atoms with Crippen molar-refractivity contribution in [1.82, 2.24) is 20.3 Å². The summed E-state index contributed by atoms with van der Waals surface area (Å²) in [7, 11) is 0. The van der Waals surface area contributed by atoms with E-state index in [1.165, 1.54) is 6.92 Å². The summed E-state index contributed by atoms with van der Waals surface area (Å²) in [6, 6.07) is 6.26. The molecule has 1 fully saturated rings. The Morgan fingerprint density at radius 3 is 2.92 bits per heavy atom. The van der Waals surface area contributed by atoms with Crippen LogP contribution in [0.25, 0.3) is 0 Å². The van der Waals surface area contributed by atoms with Gasteiger partial charge >= 0.3 is 0 Å². The molecule has 2 aromatic heterocycles. The first-order valence-electron chi connectivity index (χ1n) is 8.32. The summed E-state index contributed by atoms with van der Waals surface area (Å²) in [6.45, 7) is 6.84. The summed E-state index contributed by atoms with van der Waals surface area (Å²) >= 11 is 0. The molecule has 6 heteroatoms. The highest BCUT2D eigenvalue weighted by atomic mass is 16.1. The minimum Gasteiger partial charge on any atom is -0.352 e. The third kappa shape index (κ3) is 3.53. The summed E-state index contributed by atoms with van der Waals surface area (Å²) in [6.07, 6.45) is 3.95. The van der Waals surface area contributed by atoms with Crippen molar-refractivity contribution in [3.8, 4) is 0 Å². The lowest BCUT2D eigenvalue weighted by molar-refractivity contribution is -0.119. The summed E-state index contributed by atoms with van der Waals surface area (Å²) < 4.78 is 0. The van der Waals surface area contributed by atoms with Crippen molar-refractivity contribution in [3.63, 3.8) is 0 Å². The zero-order chi connectivity index (χ0) is 17.1. The second-order valence-corrected chi connectivity index (χ2v) is 6.23. The average Bonchev–Trinajstić information content (AvgIpc) is 3.03. The molecule has 24 heavy (non-hydrogen) atoms. The molecule has 2 aromatic rings. The lowest BCUT2D eigenvalue weighted by Crippen LogP contribution is -2.27. The third-order valence-electron chi connectivity index (χ3n) is 4.28. The van der Waals surface area contributed by atoms with E-state index in [-0.39, 0.29) is 11.9 Å². The van der Waals surface area contributed by atoms with Crippen LogP contribution in [0.5, 0.6) is 0 Å². The predicted molar refractivity (Wildman–Crippen MR) is 92.6 cm³/mol. The molecule has 1 atom stereocenters. The van der Waals surface area contributed by atoms with E-state index in [9.17, 15) is 4.79 Å². The number of hydrogen-bond donors (Lipinski definition) is 1. The molecule has 1 aliphatic rings. The van der Waals surface area contributed by atoms with Gasteiger partial charge in [0.15, 0.2) is 0 Å². The van der Waals surface area contributed by atoms with Gasteiger partial charge in [-0.1, -0.05) is 6.07 Å². The normalized spacial score (nSPS) is 17.1. The Balaban J connectivity index is 1.94. The topological polar surface area (TPSA) is 71.0 Å². The van der Waals surface area contributed by atoms with E-state index in [2.05, 4.69) is 20.2 Å². The van der Waals surface area contributed by atoms with Crippen LogP contribution in [0, 0.1) is 13.8 Å². The van der Waals surface area contributed by atoms with Gasteiger partial charge < -0.3 is 10.2 Å². The molecule has 0 saturated carbocycles. The summed E-state index contributed by atoms with van der Waals surface area (Å²) in [5.41, 5.74) is 2.98. The third-order valence-corrected chi connectivity index (χ3v) is 4.28. The molecular weight excluding hydrogens is 302 g/mol. The molecular formula is C18H23N5O. The van der Waals surface area contributed by atoms with E-state index in [4.69, 9.17) is 4.98 Å². The van der Waals surface area contributed by atoms with E-state index in [0.29, 0.717) is 6.54 Å². The molecule has 0 spiro atoms. The maximum Gasteiger partial charge on any atom is 0.217 e. The fourth-order valence-electron chi connectivity index (χ4n) is 3.17. The maximum absolute atomic E-state index is 11.3. The van der Waals surface area contributed by atoms with Crippen LogP contribution in [0.3, 0.4) is 0 Å². The molecule has 1 saturated heterocycles. The number of aromatic nitrogens is 3. The highest BCUT2D eigenvalue weighted by Crippen LogP contribution is 2.35. The van der Waals surface area contributed by atoms with Crippen molar-refractivity contribution in [3.05, 3.63) is 47.2 Å². The summed E-state index contributed by atoms with van der Waals surface area (Å²) in [5.74, 6) is 1.69. The molecule has 1 amide bonds. The monoisotopic (exact) mass is 325 g/mol.